The molecule has 0 aliphatic heterocycles. The van der Waals surface area contributed by atoms with Crippen molar-refractivity contribution in [3.8, 4) is 11.4 Å². The Morgan fingerprint density at radius 1 is 1.25 bits per heavy atom. The summed E-state index contributed by atoms with van der Waals surface area (Å²) in [6.45, 7) is 5.99. The van der Waals surface area contributed by atoms with Crippen molar-refractivity contribution in [1.29, 1.82) is 0 Å². The highest BCUT2D eigenvalue weighted by Crippen LogP contribution is 2.30. The summed E-state index contributed by atoms with van der Waals surface area (Å²) in [5, 5.41) is 16.6. The van der Waals surface area contributed by atoms with E-state index in [9.17, 15) is 4.79 Å². The predicted molar refractivity (Wildman–Crippen MR) is 113 cm³/mol. The molecule has 9 heteroatoms. The fourth-order valence-electron chi connectivity index (χ4n) is 2.67. The maximum atomic E-state index is 12.7. The molecule has 28 heavy (non-hydrogen) atoms. The van der Waals surface area contributed by atoms with Gasteiger partial charge in [-0.05, 0) is 32.4 Å². The largest absolute Gasteiger partial charge is 0.310 e. The number of nitrogens with one attached hydrogen (secondary N) is 1. The Morgan fingerprint density at radius 2 is 2.00 bits per heavy atom. The van der Waals surface area contributed by atoms with Gasteiger partial charge in [0.1, 0.15) is 5.82 Å². The van der Waals surface area contributed by atoms with Crippen LogP contribution in [0.25, 0.3) is 11.4 Å². The van der Waals surface area contributed by atoms with Gasteiger partial charge in [-0.2, -0.15) is 5.10 Å². The lowest BCUT2D eigenvalue weighted by Crippen LogP contribution is -2.25. The van der Waals surface area contributed by atoms with Crippen molar-refractivity contribution in [3.05, 3.63) is 41.6 Å². The number of rotatable bonds is 7. The van der Waals surface area contributed by atoms with Crippen molar-refractivity contribution in [1.82, 2.24) is 24.5 Å². The van der Waals surface area contributed by atoms with Crippen LogP contribution in [0.3, 0.4) is 0 Å². The lowest BCUT2D eigenvalue weighted by Gasteiger charge is -2.16. The van der Waals surface area contributed by atoms with Gasteiger partial charge in [0, 0.05) is 18.7 Å². The zero-order valence-corrected chi connectivity index (χ0v) is 17.8. The summed E-state index contributed by atoms with van der Waals surface area (Å²) >= 11 is 7.61. The Kier molecular flexibility index (Phi) is 6.41. The van der Waals surface area contributed by atoms with Crippen LogP contribution >= 0.6 is 23.4 Å². The molecule has 2 atom stereocenters. The van der Waals surface area contributed by atoms with E-state index in [4.69, 9.17) is 11.6 Å². The Balaban J connectivity index is 1.72. The minimum atomic E-state index is -0.359. The minimum absolute atomic E-state index is 0.114. The van der Waals surface area contributed by atoms with E-state index < -0.39 is 0 Å². The van der Waals surface area contributed by atoms with Gasteiger partial charge in [0.2, 0.25) is 5.91 Å². The Morgan fingerprint density at radius 3 is 2.71 bits per heavy atom. The first kappa shape index (κ1) is 20.4. The maximum Gasteiger partial charge on any atom is 0.238 e. The standard InChI is InChI=1S/C19H23ClN6OS/c1-5-12(2)26-16(10-11-21-26)22-18(27)13(3)28-19-24-23-17(25(19)4)14-8-6-7-9-15(14)20/h6-13H,5H2,1-4H3,(H,22,27)/t12-,13+/m1/s1. The number of halogens is 1. The van der Waals surface area contributed by atoms with Crippen molar-refractivity contribution in [2.24, 2.45) is 7.05 Å². The SMILES string of the molecule is CC[C@@H](C)n1nccc1NC(=O)[C@H](C)Sc1nnc(-c2ccccc2Cl)n1C. The topological polar surface area (TPSA) is 77.6 Å². The van der Waals surface area contributed by atoms with E-state index in [2.05, 4.69) is 34.5 Å². The third-order valence-electron chi connectivity index (χ3n) is 4.53. The van der Waals surface area contributed by atoms with E-state index in [1.54, 1.807) is 12.3 Å². The summed E-state index contributed by atoms with van der Waals surface area (Å²) < 4.78 is 3.67. The summed E-state index contributed by atoms with van der Waals surface area (Å²) in [6, 6.07) is 9.50. The van der Waals surface area contributed by atoms with E-state index in [0.29, 0.717) is 21.8 Å². The number of benzene rings is 1. The maximum absolute atomic E-state index is 12.7. The van der Waals surface area contributed by atoms with Crippen LogP contribution in [0.15, 0.2) is 41.7 Å². The zero-order chi connectivity index (χ0) is 20.3. The van der Waals surface area contributed by atoms with Gasteiger partial charge in [-0.15, -0.1) is 10.2 Å². The van der Waals surface area contributed by atoms with Gasteiger partial charge in [0.15, 0.2) is 11.0 Å². The van der Waals surface area contributed by atoms with Crippen molar-refractivity contribution in [3.63, 3.8) is 0 Å². The van der Waals surface area contributed by atoms with Crippen LogP contribution in [0, 0.1) is 0 Å². The molecular weight excluding hydrogens is 396 g/mol. The van der Waals surface area contributed by atoms with E-state index in [1.807, 2.05) is 47.5 Å². The van der Waals surface area contributed by atoms with Crippen LogP contribution in [-0.4, -0.2) is 35.7 Å². The molecule has 0 radical (unpaired) electrons. The molecule has 0 unspecified atom stereocenters. The molecule has 0 fully saturated rings. The Hall–Kier alpha value is -2.32. The molecule has 1 N–H and O–H groups in total. The molecule has 0 aliphatic rings. The molecule has 0 bridgehead atoms. The highest BCUT2D eigenvalue weighted by Gasteiger charge is 2.21. The van der Waals surface area contributed by atoms with E-state index in [-0.39, 0.29) is 17.2 Å². The van der Waals surface area contributed by atoms with Gasteiger partial charge in [-0.3, -0.25) is 4.79 Å². The van der Waals surface area contributed by atoms with Gasteiger partial charge in [0.25, 0.3) is 0 Å². The molecule has 2 aromatic heterocycles. The number of carbonyl (C=O) groups is 1. The molecule has 2 heterocycles. The lowest BCUT2D eigenvalue weighted by molar-refractivity contribution is -0.115. The quantitative estimate of drug-likeness (QED) is 0.574. The monoisotopic (exact) mass is 418 g/mol. The lowest BCUT2D eigenvalue weighted by atomic mass is 10.2. The summed E-state index contributed by atoms with van der Waals surface area (Å²) in [5.41, 5.74) is 0.806. The first-order valence-electron chi connectivity index (χ1n) is 9.07. The number of aromatic nitrogens is 5. The minimum Gasteiger partial charge on any atom is -0.310 e. The molecule has 3 rings (SSSR count). The predicted octanol–water partition coefficient (Wildman–Crippen LogP) is 4.42. The first-order chi connectivity index (χ1) is 13.4. The van der Waals surface area contributed by atoms with Crippen molar-refractivity contribution in [2.75, 3.05) is 5.32 Å². The smallest absolute Gasteiger partial charge is 0.238 e. The molecule has 0 saturated carbocycles. The van der Waals surface area contributed by atoms with Gasteiger partial charge in [-0.1, -0.05) is 42.4 Å². The number of amides is 1. The highest BCUT2D eigenvalue weighted by molar-refractivity contribution is 8.00. The van der Waals surface area contributed by atoms with Crippen LogP contribution in [0.5, 0.6) is 0 Å². The summed E-state index contributed by atoms with van der Waals surface area (Å²) in [6.07, 6.45) is 2.62. The molecule has 0 spiro atoms. The normalized spacial score (nSPS) is 13.3. The van der Waals surface area contributed by atoms with Crippen LogP contribution in [0.2, 0.25) is 5.02 Å². The number of anilines is 1. The molecule has 0 aliphatic carbocycles. The second-order valence-corrected chi connectivity index (χ2v) is 8.23. The zero-order valence-electron chi connectivity index (χ0n) is 16.3. The highest BCUT2D eigenvalue weighted by atomic mass is 35.5. The van der Waals surface area contributed by atoms with Crippen LogP contribution < -0.4 is 5.32 Å². The average Bonchev–Trinajstić information content (AvgIpc) is 3.29. The molecule has 1 aromatic carbocycles. The van der Waals surface area contributed by atoms with Crippen LogP contribution in [0.1, 0.15) is 33.2 Å². The molecular formula is C19H23ClN6OS. The number of hydrogen-bond acceptors (Lipinski definition) is 5. The molecule has 0 saturated heterocycles. The molecule has 148 valence electrons. The third-order valence-corrected chi connectivity index (χ3v) is 5.99. The average molecular weight is 419 g/mol. The first-order valence-corrected chi connectivity index (χ1v) is 10.3. The van der Waals surface area contributed by atoms with Crippen molar-refractivity contribution < 1.29 is 4.79 Å². The van der Waals surface area contributed by atoms with Gasteiger partial charge in [0.05, 0.1) is 22.5 Å². The second kappa shape index (κ2) is 8.79. The Labute approximate surface area is 173 Å². The molecule has 1 amide bonds. The summed E-state index contributed by atoms with van der Waals surface area (Å²) in [5.74, 6) is 1.24. The van der Waals surface area contributed by atoms with E-state index in [0.717, 1.165) is 12.0 Å². The second-order valence-electron chi connectivity index (χ2n) is 6.51. The van der Waals surface area contributed by atoms with E-state index >= 15 is 0 Å². The fraction of sp³-hybridized carbons (Fsp3) is 0.368. The van der Waals surface area contributed by atoms with E-state index in [1.165, 1.54) is 11.8 Å². The number of hydrogen-bond donors (Lipinski definition) is 1. The summed E-state index contributed by atoms with van der Waals surface area (Å²) in [4.78, 5) is 12.7. The third kappa shape index (κ3) is 4.23. The molecule has 7 nitrogen and oxygen atoms in total. The van der Waals surface area contributed by atoms with Crippen LogP contribution in [-0.2, 0) is 11.8 Å². The summed E-state index contributed by atoms with van der Waals surface area (Å²) in [7, 11) is 1.86. The van der Waals surface area contributed by atoms with Crippen molar-refractivity contribution in [2.45, 2.75) is 43.6 Å². The van der Waals surface area contributed by atoms with Crippen molar-refractivity contribution >= 4 is 35.1 Å². The number of thioether (sulfide) groups is 1. The van der Waals surface area contributed by atoms with Gasteiger partial charge < -0.3 is 9.88 Å². The van der Waals surface area contributed by atoms with Gasteiger partial charge in [-0.25, -0.2) is 4.68 Å². The molecule has 3 aromatic rings. The Bertz CT molecular complexity index is 969. The number of nitrogens with zero attached hydrogens (tertiary/aromatic N) is 5. The fourth-order valence-corrected chi connectivity index (χ4v) is 3.71. The van der Waals surface area contributed by atoms with Gasteiger partial charge >= 0.3 is 0 Å². The number of carbonyl (C=O) groups excluding carboxylic acids is 1. The van der Waals surface area contributed by atoms with Crippen LogP contribution in [0.4, 0.5) is 5.82 Å².